The summed E-state index contributed by atoms with van der Waals surface area (Å²) in [7, 11) is 1.79. The van der Waals surface area contributed by atoms with E-state index in [4.69, 9.17) is 4.74 Å². The second kappa shape index (κ2) is 14.6. The summed E-state index contributed by atoms with van der Waals surface area (Å²) in [6.45, 7) is 10.1. The van der Waals surface area contributed by atoms with Gasteiger partial charge in [0.15, 0.2) is 0 Å². The fourth-order valence-corrected chi connectivity index (χ4v) is 3.39. The molecule has 0 spiro atoms. The Morgan fingerprint density at radius 3 is 2.59 bits per heavy atom. The Morgan fingerprint density at radius 1 is 1.24 bits per heavy atom. The van der Waals surface area contributed by atoms with Crippen LogP contribution >= 0.6 is 11.8 Å². The fraction of sp³-hybridized carbons (Fsp3) is 0.333. The number of amides is 1. The SMILES string of the molecule is C=N/C(C)=C(/CC(/C=C\C)=C/C=C\C)SCN(C)C(=O)COCc1ccccc1. The van der Waals surface area contributed by atoms with Crippen LogP contribution in [0, 0.1) is 0 Å². The molecule has 0 radical (unpaired) electrons. The summed E-state index contributed by atoms with van der Waals surface area (Å²) in [4.78, 5) is 19.2. The fourth-order valence-electron chi connectivity index (χ4n) is 2.35. The molecule has 1 amide bonds. The van der Waals surface area contributed by atoms with E-state index in [0.717, 1.165) is 22.6 Å². The second-order valence-electron chi connectivity index (χ2n) is 6.45. The average Bonchev–Trinajstić information content (AvgIpc) is 2.74. The zero-order valence-corrected chi connectivity index (χ0v) is 18.7. The van der Waals surface area contributed by atoms with Crippen molar-refractivity contribution in [3.63, 3.8) is 0 Å². The average molecular weight is 413 g/mol. The number of carbonyl (C=O) groups excluding carboxylic acids is 1. The van der Waals surface area contributed by atoms with E-state index in [1.54, 1.807) is 23.7 Å². The van der Waals surface area contributed by atoms with Crippen LogP contribution in [0.15, 0.2) is 81.9 Å². The summed E-state index contributed by atoms with van der Waals surface area (Å²) in [5, 5.41) is 0. The molecule has 5 heteroatoms. The van der Waals surface area contributed by atoms with E-state index in [1.807, 2.05) is 69.3 Å². The highest BCUT2D eigenvalue weighted by atomic mass is 32.2. The van der Waals surface area contributed by atoms with Crippen molar-refractivity contribution in [2.24, 2.45) is 4.99 Å². The number of hydrogen-bond donors (Lipinski definition) is 0. The Kier molecular flexibility index (Phi) is 12.4. The molecule has 29 heavy (non-hydrogen) atoms. The van der Waals surface area contributed by atoms with E-state index >= 15 is 0 Å². The molecule has 1 aromatic rings. The molecule has 0 aliphatic carbocycles. The van der Waals surface area contributed by atoms with Crippen LogP contribution in [0.1, 0.15) is 32.8 Å². The predicted octanol–water partition coefficient (Wildman–Crippen LogP) is 5.75. The molecular formula is C24H32N2O2S. The first-order chi connectivity index (χ1) is 14.0. The lowest BCUT2D eigenvalue weighted by Gasteiger charge is -2.19. The molecule has 0 aliphatic rings. The van der Waals surface area contributed by atoms with Crippen molar-refractivity contribution in [1.82, 2.24) is 4.90 Å². The highest BCUT2D eigenvalue weighted by molar-refractivity contribution is 8.03. The van der Waals surface area contributed by atoms with E-state index in [9.17, 15) is 4.79 Å². The van der Waals surface area contributed by atoms with E-state index < -0.39 is 0 Å². The van der Waals surface area contributed by atoms with E-state index in [2.05, 4.69) is 23.9 Å². The first kappa shape index (κ1) is 24.7. The molecule has 0 heterocycles. The normalized spacial score (nSPS) is 13.0. The number of ether oxygens (including phenoxy) is 1. The van der Waals surface area contributed by atoms with Gasteiger partial charge in [0.05, 0.1) is 12.5 Å². The van der Waals surface area contributed by atoms with Crippen molar-refractivity contribution in [2.75, 3.05) is 19.5 Å². The number of thioether (sulfide) groups is 1. The maximum atomic E-state index is 12.4. The summed E-state index contributed by atoms with van der Waals surface area (Å²) >= 11 is 1.60. The molecule has 0 saturated carbocycles. The zero-order chi connectivity index (χ0) is 21.5. The third-order valence-corrected chi connectivity index (χ3v) is 5.39. The Hall–Kier alpha value is -2.37. The summed E-state index contributed by atoms with van der Waals surface area (Å²) in [5.74, 6) is 0.484. The minimum Gasteiger partial charge on any atom is -0.367 e. The van der Waals surface area contributed by atoms with Crippen molar-refractivity contribution in [1.29, 1.82) is 0 Å². The van der Waals surface area contributed by atoms with Gasteiger partial charge in [-0.2, -0.15) is 0 Å². The van der Waals surface area contributed by atoms with Crippen LogP contribution in [-0.2, 0) is 16.1 Å². The Morgan fingerprint density at radius 2 is 1.97 bits per heavy atom. The van der Waals surface area contributed by atoms with Crippen LogP contribution < -0.4 is 0 Å². The maximum absolute atomic E-state index is 12.4. The molecule has 0 saturated heterocycles. The summed E-state index contributed by atoms with van der Waals surface area (Å²) < 4.78 is 5.55. The number of likely N-dealkylation sites (N-methyl/N-ethyl adjacent to an activating group) is 1. The molecule has 1 aromatic carbocycles. The highest BCUT2D eigenvalue weighted by Gasteiger charge is 2.12. The van der Waals surface area contributed by atoms with Crippen LogP contribution in [0.3, 0.4) is 0 Å². The van der Waals surface area contributed by atoms with E-state index in [0.29, 0.717) is 12.5 Å². The molecule has 1 rings (SSSR count). The lowest BCUT2D eigenvalue weighted by molar-refractivity contribution is -0.134. The van der Waals surface area contributed by atoms with Gasteiger partial charge in [-0.3, -0.25) is 9.79 Å². The van der Waals surface area contributed by atoms with Crippen LogP contribution in [-0.4, -0.2) is 37.1 Å². The second-order valence-corrected chi connectivity index (χ2v) is 7.49. The van der Waals surface area contributed by atoms with Gasteiger partial charge in [0, 0.05) is 24.1 Å². The third-order valence-electron chi connectivity index (χ3n) is 4.08. The van der Waals surface area contributed by atoms with E-state index in [-0.39, 0.29) is 12.5 Å². The number of carbonyl (C=O) groups is 1. The van der Waals surface area contributed by atoms with Gasteiger partial charge >= 0.3 is 0 Å². The van der Waals surface area contributed by atoms with Gasteiger partial charge in [-0.1, -0.05) is 60.7 Å². The van der Waals surface area contributed by atoms with Gasteiger partial charge in [0.2, 0.25) is 5.91 Å². The lowest BCUT2D eigenvalue weighted by atomic mass is 10.1. The minimum absolute atomic E-state index is 0.0462. The minimum atomic E-state index is -0.0462. The lowest BCUT2D eigenvalue weighted by Crippen LogP contribution is -2.30. The molecule has 156 valence electrons. The van der Waals surface area contributed by atoms with Crippen molar-refractivity contribution in [2.45, 2.75) is 33.8 Å². The molecule has 0 aromatic heterocycles. The predicted molar refractivity (Wildman–Crippen MR) is 126 cm³/mol. The number of aliphatic imine (C=N–C) groups is 1. The molecule has 0 atom stereocenters. The van der Waals surface area contributed by atoms with E-state index in [1.165, 1.54) is 5.57 Å². The first-order valence-corrected chi connectivity index (χ1v) is 10.6. The van der Waals surface area contributed by atoms with Crippen molar-refractivity contribution < 1.29 is 9.53 Å². The topological polar surface area (TPSA) is 41.9 Å². The van der Waals surface area contributed by atoms with Gasteiger partial charge < -0.3 is 9.64 Å². The maximum Gasteiger partial charge on any atom is 0.249 e. The monoisotopic (exact) mass is 412 g/mol. The summed E-state index contributed by atoms with van der Waals surface area (Å²) in [6, 6.07) is 9.84. The van der Waals surface area contributed by atoms with Crippen LogP contribution in [0.2, 0.25) is 0 Å². The highest BCUT2D eigenvalue weighted by Crippen LogP contribution is 2.28. The molecular weight excluding hydrogens is 380 g/mol. The number of allylic oxidation sites excluding steroid dienone is 8. The Bertz CT molecular complexity index is 764. The number of nitrogens with zero attached hydrogens (tertiary/aromatic N) is 2. The summed E-state index contributed by atoms with van der Waals surface area (Å²) in [6.07, 6.45) is 11.0. The van der Waals surface area contributed by atoms with Crippen molar-refractivity contribution in [3.8, 4) is 0 Å². The standard InChI is InChI=1S/C24H32N2O2S/c1-6-8-13-21(12-7-2)16-23(20(3)25-4)29-19-26(5)24(27)18-28-17-22-14-10-9-11-15-22/h6-15H,4,16-19H2,1-3,5H3/b8-6-,12-7-,21-13+,23-20-. The van der Waals surface area contributed by atoms with Gasteiger partial charge in [-0.25, -0.2) is 0 Å². The number of hydrogen-bond acceptors (Lipinski definition) is 4. The number of benzene rings is 1. The van der Waals surface area contributed by atoms with Crippen LogP contribution in [0.4, 0.5) is 0 Å². The molecule has 0 bridgehead atoms. The van der Waals surface area contributed by atoms with Crippen molar-refractivity contribution >= 4 is 24.4 Å². The molecule has 4 nitrogen and oxygen atoms in total. The Labute approximate surface area is 179 Å². The molecule has 0 fully saturated rings. The summed E-state index contributed by atoms with van der Waals surface area (Å²) in [5.41, 5.74) is 3.11. The molecule has 0 unspecified atom stereocenters. The van der Waals surface area contributed by atoms with Crippen LogP contribution in [0.5, 0.6) is 0 Å². The third kappa shape index (κ3) is 10.1. The molecule has 0 N–H and O–H groups in total. The zero-order valence-electron chi connectivity index (χ0n) is 17.9. The Balaban J connectivity index is 2.61. The smallest absolute Gasteiger partial charge is 0.249 e. The van der Waals surface area contributed by atoms with Gasteiger partial charge in [-0.05, 0) is 38.6 Å². The largest absolute Gasteiger partial charge is 0.367 e. The van der Waals surface area contributed by atoms with Gasteiger partial charge in [0.25, 0.3) is 0 Å². The number of rotatable bonds is 12. The van der Waals surface area contributed by atoms with Crippen molar-refractivity contribution in [3.05, 3.63) is 82.5 Å². The first-order valence-electron chi connectivity index (χ1n) is 9.61. The quantitative estimate of drug-likeness (QED) is 0.249. The van der Waals surface area contributed by atoms with Gasteiger partial charge in [0.1, 0.15) is 6.61 Å². The molecule has 0 aliphatic heterocycles. The van der Waals surface area contributed by atoms with Crippen LogP contribution in [0.25, 0.3) is 0 Å². The van der Waals surface area contributed by atoms with Gasteiger partial charge in [-0.15, -0.1) is 11.8 Å².